The first kappa shape index (κ1) is 13.6. The van der Waals surface area contributed by atoms with Crippen LogP contribution in [0.3, 0.4) is 0 Å². The Bertz CT molecular complexity index is 607. The van der Waals surface area contributed by atoms with E-state index in [2.05, 4.69) is 61.3 Å². The minimum Gasteiger partial charge on any atom is -0.192 e. The van der Waals surface area contributed by atoms with Gasteiger partial charge < -0.3 is 0 Å². The summed E-state index contributed by atoms with van der Waals surface area (Å²) in [5, 5.41) is 17.5. The van der Waals surface area contributed by atoms with Crippen molar-refractivity contribution < 1.29 is 0 Å². The summed E-state index contributed by atoms with van der Waals surface area (Å²) < 4.78 is 0. The highest BCUT2D eigenvalue weighted by Gasteiger charge is 2.13. The molecule has 0 amide bonds. The maximum absolute atomic E-state index is 9.02. The van der Waals surface area contributed by atoms with Crippen LogP contribution in [0.2, 0.25) is 0 Å². The molecule has 2 rings (SSSR count). The lowest BCUT2D eigenvalue weighted by atomic mass is 9.87. The summed E-state index contributed by atoms with van der Waals surface area (Å²) in [5.41, 5.74) is 1.99. The maximum Gasteiger partial charge on any atom is 0.141 e. The van der Waals surface area contributed by atoms with Crippen molar-refractivity contribution >= 4 is 11.8 Å². The van der Waals surface area contributed by atoms with Gasteiger partial charge in [0.25, 0.3) is 0 Å². The highest BCUT2D eigenvalue weighted by Crippen LogP contribution is 2.30. The Morgan fingerprint density at radius 1 is 1.11 bits per heavy atom. The van der Waals surface area contributed by atoms with Crippen LogP contribution in [-0.2, 0) is 5.41 Å². The summed E-state index contributed by atoms with van der Waals surface area (Å²) in [6.07, 6.45) is 1.53. The monoisotopic (exact) mass is 269 g/mol. The first-order valence-electron chi connectivity index (χ1n) is 6.01. The van der Waals surface area contributed by atoms with Crippen molar-refractivity contribution in [2.75, 3.05) is 0 Å². The van der Waals surface area contributed by atoms with Crippen molar-refractivity contribution in [2.24, 2.45) is 0 Å². The fourth-order valence-corrected chi connectivity index (χ4v) is 2.42. The molecule has 96 valence electrons. The second-order valence-corrected chi connectivity index (χ2v) is 6.30. The Labute approximate surface area is 117 Å². The fourth-order valence-electron chi connectivity index (χ4n) is 1.61. The van der Waals surface area contributed by atoms with Crippen LogP contribution in [-0.4, -0.2) is 10.2 Å². The number of benzene rings is 1. The predicted molar refractivity (Wildman–Crippen MR) is 76.0 cm³/mol. The molecular weight excluding hydrogens is 254 g/mol. The zero-order valence-electron chi connectivity index (χ0n) is 11.2. The van der Waals surface area contributed by atoms with E-state index in [0.717, 1.165) is 4.90 Å². The van der Waals surface area contributed by atoms with Crippen LogP contribution in [0.4, 0.5) is 0 Å². The average Bonchev–Trinajstić information content (AvgIpc) is 2.39. The van der Waals surface area contributed by atoms with Gasteiger partial charge in [-0.2, -0.15) is 10.4 Å². The molecule has 0 unspecified atom stereocenters. The van der Waals surface area contributed by atoms with Gasteiger partial charge in [-0.3, -0.25) is 0 Å². The zero-order valence-corrected chi connectivity index (χ0v) is 12.0. The molecule has 2 aromatic rings. The van der Waals surface area contributed by atoms with E-state index in [9.17, 15) is 0 Å². The van der Waals surface area contributed by atoms with Crippen LogP contribution in [0.15, 0.2) is 46.5 Å². The van der Waals surface area contributed by atoms with Crippen molar-refractivity contribution in [2.45, 2.75) is 36.1 Å². The van der Waals surface area contributed by atoms with E-state index in [0.29, 0.717) is 10.6 Å². The Balaban J connectivity index is 2.23. The molecule has 0 saturated carbocycles. The quantitative estimate of drug-likeness (QED) is 0.832. The minimum atomic E-state index is 0.146. The van der Waals surface area contributed by atoms with E-state index in [-0.39, 0.29) is 5.41 Å². The Hall–Kier alpha value is -1.86. The third-order valence-electron chi connectivity index (χ3n) is 2.74. The number of nitrogens with zero attached hydrogens (tertiary/aromatic N) is 3. The van der Waals surface area contributed by atoms with E-state index in [4.69, 9.17) is 5.26 Å². The largest absolute Gasteiger partial charge is 0.192 e. The lowest BCUT2D eigenvalue weighted by Gasteiger charge is -2.18. The van der Waals surface area contributed by atoms with Crippen LogP contribution >= 0.6 is 11.8 Å². The molecule has 0 spiro atoms. The Morgan fingerprint density at radius 2 is 1.79 bits per heavy atom. The molecular formula is C15H15N3S. The van der Waals surface area contributed by atoms with Gasteiger partial charge in [0.1, 0.15) is 11.1 Å². The van der Waals surface area contributed by atoms with Gasteiger partial charge in [0.15, 0.2) is 0 Å². The second-order valence-electron chi connectivity index (χ2n) is 5.24. The van der Waals surface area contributed by atoms with Gasteiger partial charge >= 0.3 is 0 Å². The number of hydrogen-bond donors (Lipinski definition) is 0. The molecule has 0 aliphatic heterocycles. The molecule has 0 fully saturated rings. The normalized spacial score (nSPS) is 11.1. The Morgan fingerprint density at radius 3 is 2.37 bits per heavy atom. The van der Waals surface area contributed by atoms with Gasteiger partial charge in [-0.15, -0.1) is 5.10 Å². The molecule has 1 aromatic heterocycles. The molecule has 1 heterocycles. The van der Waals surface area contributed by atoms with Gasteiger partial charge in [-0.05, 0) is 29.2 Å². The molecule has 0 radical (unpaired) electrons. The number of aromatic nitrogens is 2. The molecule has 0 atom stereocenters. The fraction of sp³-hybridized carbons (Fsp3) is 0.267. The average molecular weight is 269 g/mol. The molecule has 1 aromatic carbocycles. The van der Waals surface area contributed by atoms with Crippen LogP contribution in [0.5, 0.6) is 0 Å². The van der Waals surface area contributed by atoms with Crippen molar-refractivity contribution in [1.82, 2.24) is 10.2 Å². The first-order valence-corrected chi connectivity index (χ1v) is 6.82. The molecule has 3 nitrogen and oxygen atoms in total. The first-order chi connectivity index (χ1) is 9.00. The summed E-state index contributed by atoms with van der Waals surface area (Å²) in [6, 6.07) is 12.2. The lowest BCUT2D eigenvalue weighted by Crippen LogP contribution is -2.10. The highest BCUT2D eigenvalue weighted by atomic mass is 32.2. The van der Waals surface area contributed by atoms with Crippen molar-refractivity contribution in [3.8, 4) is 6.07 Å². The lowest BCUT2D eigenvalue weighted by molar-refractivity contribution is 0.590. The van der Waals surface area contributed by atoms with E-state index in [1.165, 1.54) is 23.5 Å². The number of rotatable bonds is 2. The van der Waals surface area contributed by atoms with E-state index in [1.54, 1.807) is 6.07 Å². The molecule has 0 bridgehead atoms. The van der Waals surface area contributed by atoms with E-state index < -0.39 is 0 Å². The smallest absolute Gasteiger partial charge is 0.141 e. The predicted octanol–water partition coefficient (Wildman–Crippen LogP) is 3.80. The molecule has 4 heteroatoms. The van der Waals surface area contributed by atoms with Crippen molar-refractivity contribution in [3.05, 3.63) is 47.7 Å². The van der Waals surface area contributed by atoms with Gasteiger partial charge in [0, 0.05) is 4.90 Å². The SMILES string of the molecule is CC(C)(C)c1ccc(Sc2nnccc2C#N)cc1. The third kappa shape index (κ3) is 3.33. The van der Waals surface area contributed by atoms with Crippen LogP contribution in [0.1, 0.15) is 31.9 Å². The maximum atomic E-state index is 9.02. The molecule has 0 aliphatic carbocycles. The van der Waals surface area contributed by atoms with Crippen molar-refractivity contribution in [1.29, 1.82) is 5.26 Å². The standard InChI is InChI=1S/C15H15N3S/c1-15(2,3)12-4-6-13(7-5-12)19-14-11(10-16)8-9-17-18-14/h4-9H,1-3H3. The summed E-state index contributed by atoms with van der Waals surface area (Å²) in [6.45, 7) is 6.56. The number of hydrogen-bond acceptors (Lipinski definition) is 4. The van der Waals surface area contributed by atoms with Gasteiger partial charge in [0.05, 0.1) is 11.8 Å². The molecule has 0 N–H and O–H groups in total. The third-order valence-corrected chi connectivity index (χ3v) is 3.74. The summed E-state index contributed by atoms with van der Waals surface area (Å²) in [5.74, 6) is 0. The van der Waals surface area contributed by atoms with Crippen LogP contribution in [0, 0.1) is 11.3 Å². The van der Waals surface area contributed by atoms with Gasteiger partial charge in [0.2, 0.25) is 0 Å². The minimum absolute atomic E-state index is 0.146. The summed E-state index contributed by atoms with van der Waals surface area (Å²) in [4.78, 5) is 1.06. The van der Waals surface area contributed by atoms with E-state index in [1.807, 2.05) is 0 Å². The molecule has 19 heavy (non-hydrogen) atoms. The second kappa shape index (κ2) is 5.41. The summed E-state index contributed by atoms with van der Waals surface area (Å²) in [7, 11) is 0. The van der Waals surface area contributed by atoms with Crippen LogP contribution in [0.25, 0.3) is 0 Å². The van der Waals surface area contributed by atoms with Gasteiger partial charge in [-0.1, -0.05) is 44.7 Å². The Kier molecular flexibility index (Phi) is 3.87. The van der Waals surface area contributed by atoms with Gasteiger partial charge in [-0.25, -0.2) is 0 Å². The highest BCUT2D eigenvalue weighted by molar-refractivity contribution is 7.99. The van der Waals surface area contributed by atoms with Crippen LogP contribution < -0.4 is 0 Å². The molecule has 0 saturated heterocycles. The zero-order chi connectivity index (χ0) is 13.9. The number of nitriles is 1. The van der Waals surface area contributed by atoms with Crippen molar-refractivity contribution in [3.63, 3.8) is 0 Å². The van der Waals surface area contributed by atoms with E-state index >= 15 is 0 Å². The molecule has 0 aliphatic rings. The summed E-state index contributed by atoms with van der Waals surface area (Å²) >= 11 is 1.46. The topological polar surface area (TPSA) is 49.6 Å².